The van der Waals surface area contributed by atoms with E-state index >= 15 is 0 Å². The summed E-state index contributed by atoms with van der Waals surface area (Å²) in [7, 11) is 0. The van der Waals surface area contributed by atoms with Crippen LogP contribution in [0.2, 0.25) is 0 Å². The van der Waals surface area contributed by atoms with E-state index in [9.17, 15) is 10.2 Å². The molecule has 0 amide bonds. The molecular weight excluding hydrogens is 292 g/mol. The number of aliphatic hydroxyl groups excluding tert-OH is 3. The van der Waals surface area contributed by atoms with Crippen molar-refractivity contribution in [2.24, 2.45) is 0 Å². The Kier molecular flexibility index (Phi) is 5.04. The van der Waals surface area contributed by atoms with Gasteiger partial charge in [0.1, 0.15) is 37.3 Å². The second kappa shape index (κ2) is 7.01. The summed E-state index contributed by atoms with van der Waals surface area (Å²) >= 11 is 0. The fraction of sp³-hybridized carbons (Fsp3) is 0.600. The van der Waals surface area contributed by atoms with E-state index in [1.54, 1.807) is 0 Å². The molecule has 0 bridgehead atoms. The van der Waals surface area contributed by atoms with Gasteiger partial charge in [-0.25, -0.2) is 0 Å². The number of aliphatic hydroxyl groups is 3. The number of benzene rings is 1. The molecule has 0 aliphatic carbocycles. The maximum atomic E-state index is 10.5. The molecule has 0 radical (unpaired) electrons. The van der Waals surface area contributed by atoms with E-state index in [1.807, 2.05) is 30.3 Å². The Morgan fingerprint density at radius 1 is 1.14 bits per heavy atom. The minimum atomic E-state index is -1.21. The van der Waals surface area contributed by atoms with Gasteiger partial charge in [0.25, 0.3) is 0 Å². The number of fused-ring (bicyclic) bond motifs is 1. The lowest BCUT2D eigenvalue weighted by atomic mass is 9.98. The Labute approximate surface area is 128 Å². The summed E-state index contributed by atoms with van der Waals surface area (Å²) < 4.78 is 22.2. The number of ether oxygens (including phenoxy) is 4. The first-order valence-corrected chi connectivity index (χ1v) is 7.23. The number of hydrogen-bond donors (Lipinski definition) is 3. The molecule has 2 fully saturated rings. The van der Waals surface area contributed by atoms with Crippen molar-refractivity contribution in [1.29, 1.82) is 0 Å². The van der Waals surface area contributed by atoms with Gasteiger partial charge < -0.3 is 34.3 Å². The van der Waals surface area contributed by atoms with Crippen LogP contribution in [0.3, 0.4) is 0 Å². The van der Waals surface area contributed by atoms with Gasteiger partial charge in [-0.1, -0.05) is 30.3 Å². The highest BCUT2D eigenvalue weighted by atomic mass is 16.7. The molecule has 7 heteroatoms. The van der Waals surface area contributed by atoms with Crippen LogP contribution in [-0.2, 0) is 18.9 Å². The highest BCUT2D eigenvalue weighted by Gasteiger charge is 2.45. The van der Waals surface area contributed by atoms with Gasteiger partial charge in [0.2, 0.25) is 0 Å². The van der Waals surface area contributed by atoms with E-state index in [2.05, 4.69) is 0 Å². The summed E-state index contributed by atoms with van der Waals surface area (Å²) in [4.78, 5) is 0. The predicted molar refractivity (Wildman–Crippen MR) is 73.7 cm³/mol. The Morgan fingerprint density at radius 3 is 2.64 bits per heavy atom. The van der Waals surface area contributed by atoms with Crippen LogP contribution in [-0.4, -0.2) is 65.8 Å². The van der Waals surface area contributed by atoms with Gasteiger partial charge in [-0.05, 0) is 0 Å². The average molecular weight is 312 g/mol. The Bertz CT molecular complexity index is 468. The predicted octanol–water partition coefficient (Wildman–Crippen LogP) is -0.444. The van der Waals surface area contributed by atoms with Crippen LogP contribution >= 0.6 is 0 Å². The summed E-state index contributed by atoms with van der Waals surface area (Å²) in [5.41, 5.74) is 0.831. The molecule has 1 unspecified atom stereocenters. The van der Waals surface area contributed by atoms with Crippen LogP contribution < -0.4 is 0 Å². The lowest BCUT2D eigenvalue weighted by Gasteiger charge is -2.38. The molecule has 3 N–H and O–H groups in total. The first-order chi connectivity index (χ1) is 10.7. The highest BCUT2D eigenvalue weighted by molar-refractivity contribution is 5.16. The summed E-state index contributed by atoms with van der Waals surface area (Å²) in [6.45, 7) is -0.382. The van der Waals surface area contributed by atoms with E-state index in [0.29, 0.717) is 0 Å². The minimum Gasteiger partial charge on any atom is -0.394 e. The summed E-state index contributed by atoms with van der Waals surface area (Å²) in [6, 6.07) is 9.36. The van der Waals surface area contributed by atoms with Gasteiger partial charge >= 0.3 is 0 Å². The standard InChI is InChI=1S/C15H20O7/c16-6-10(17)13-12(18)14-11(20-8-21-13)7-19-15(22-14)9-4-2-1-3-5-9/h1-5,10-18H,6-8H2/t10-,11-,12-,13-,14-,15?/m1/s1. The van der Waals surface area contributed by atoms with Gasteiger partial charge in [-0.2, -0.15) is 0 Å². The molecule has 2 aliphatic heterocycles. The van der Waals surface area contributed by atoms with Gasteiger partial charge in [0.05, 0.1) is 13.2 Å². The molecule has 1 aromatic rings. The zero-order valence-corrected chi connectivity index (χ0v) is 11.9. The maximum absolute atomic E-state index is 10.5. The number of rotatable bonds is 3. The third kappa shape index (κ3) is 3.16. The van der Waals surface area contributed by atoms with Crippen molar-refractivity contribution < 1.29 is 34.3 Å². The second-order valence-electron chi connectivity index (χ2n) is 5.37. The Hall–Kier alpha value is -1.06. The lowest BCUT2D eigenvalue weighted by molar-refractivity contribution is -0.280. The van der Waals surface area contributed by atoms with Crippen LogP contribution in [0.4, 0.5) is 0 Å². The monoisotopic (exact) mass is 312 g/mol. The van der Waals surface area contributed by atoms with E-state index in [-0.39, 0.29) is 13.4 Å². The molecule has 2 saturated heterocycles. The molecule has 122 valence electrons. The third-order valence-electron chi connectivity index (χ3n) is 3.91. The van der Waals surface area contributed by atoms with Crippen LogP contribution in [0.1, 0.15) is 11.9 Å². The topological polar surface area (TPSA) is 97.6 Å². The van der Waals surface area contributed by atoms with Crippen molar-refractivity contribution in [3.05, 3.63) is 35.9 Å². The molecular formula is C15H20O7. The van der Waals surface area contributed by atoms with Crippen molar-refractivity contribution in [2.75, 3.05) is 20.0 Å². The quantitative estimate of drug-likeness (QED) is 0.696. The van der Waals surface area contributed by atoms with Crippen molar-refractivity contribution in [3.63, 3.8) is 0 Å². The molecule has 0 spiro atoms. The van der Waals surface area contributed by atoms with Crippen LogP contribution in [0.5, 0.6) is 0 Å². The van der Waals surface area contributed by atoms with Crippen molar-refractivity contribution >= 4 is 0 Å². The smallest absolute Gasteiger partial charge is 0.184 e. The van der Waals surface area contributed by atoms with Gasteiger partial charge in [0.15, 0.2) is 6.29 Å². The summed E-state index contributed by atoms with van der Waals surface area (Å²) in [6.07, 6.45) is -5.15. The average Bonchev–Trinajstić information content (AvgIpc) is 2.74. The van der Waals surface area contributed by atoms with E-state index in [0.717, 1.165) is 5.56 Å². The zero-order chi connectivity index (χ0) is 15.5. The first kappa shape index (κ1) is 15.8. The van der Waals surface area contributed by atoms with Crippen molar-refractivity contribution in [3.8, 4) is 0 Å². The van der Waals surface area contributed by atoms with Gasteiger partial charge in [-0.3, -0.25) is 0 Å². The molecule has 0 aromatic heterocycles. The largest absolute Gasteiger partial charge is 0.394 e. The number of hydrogen-bond acceptors (Lipinski definition) is 7. The summed E-state index contributed by atoms with van der Waals surface area (Å²) in [5.74, 6) is 0. The fourth-order valence-corrected chi connectivity index (χ4v) is 2.71. The van der Waals surface area contributed by atoms with E-state index in [4.69, 9.17) is 24.1 Å². The maximum Gasteiger partial charge on any atom is 0.184 e. The third-order valence-corrected chi connectivity index (χ3v) is 3.91. The second-order valence-corrected chi connectivity index (χ2v) is 5.37. The van der Waals surface area contributed by atoms with Crippen LogP contribution in [0.25, 0.3) is 0 Å². The molecule has 6 atom stereocenters. The molecule has 0 saturated carbocycles. The van der Waals surface area contributed by atoms with E-state index in [1.165, 1.54) is 0 Å². The Morgan fingerprint density at radius 2 is 1.91 bits per heavy atom. The molecule has 22 heavy (non-hydrogen) atoms. The lowest BCUT2D eigenvalue weighted by Crippen LogP contribution is -2.53. The molecule has 7 nitrogen and oxygen atoms in total. The normalized spacial score (nSPS) is 37.1. The van der Waals surface area contributed by atoms with Gasteiger partial charge in [0, 0.05) is 5.56 Å². The van der Waals surface area contributed by atoms with Crippen molar-refractivity contribution in [1.82, 2.24) is 0 Å². The Balaban J connectivity index is 1.76. The minimum absolute atomic E-state index is 0.108. The molecule has 1 aromatic carbocycles. The van der Waals surface area contributed by atoms with Crippen molar-refractivity contribution in [2.45, 2.75) is 36.8 Å². The SMILES string of the molecule is OC[C@@H](O)[C@H]1OCO[C@@H]2COC(c3ccccc3)O[C@H]2[C@@H]1O. The highest BCUT2D eigenvalue weighted by Crippen LogP contribution is 2.32. The summed E-state index contributed by atoms with van der Waals surface area (Å²) in [5, 5.41) is 29.3. The van der Waals surface area contributed by atoms with E-state index < -0.39 is 43.4 Å². The zero-order valence-electron chi connectivity index (χ0n) is 11.9. The first-order valence-electron chi connectivity index (χ1n) is 7.23. The molecule has 3 rings (SSSR count). The molecule has 2 heterocycles. The van der Waals surface area contributed by atoms with Gasteiger partial charge in [-0.15, -0.1) is 0 Å². The van der Waals surface area contributed by atoms with Crippen LogP contribution in [0, 0.1) is 0 Å². The van der Waals surface area contributed by atoms with Crippen LogP contribution in [0.15, 0.2) is 30.3 Å². The molecule has 2 aliphatic rings. The fourth-order valence-electron chi connectivity index (χ4n) is 2.71.